The molecule has 2 aromatic heterocycles. The van der Waals surface area contributed by atoms with Crippen LogP contribution in [0.25, 0.3) is 11.3 Å². The lowest BCUT2D eigenvalue weighted by atomic mass is 10.1. The number of hydrogen-bond donors (Lipinski definition) is 2. The Hall–Kier alpha value is -3.01. The van der Waals surface area contributed by atoms with Gasteiger partial charge in [0.15, 0.2) is 0 Å². The first-order valence-electron chi connectivity index (χ1n) is 7.74. The van der Waals surface area contributed by atoms with E-state index in [2.05, 4.69) is 25.6 Å². The molecule has 3 N–H and O–H groups in total. The highest BCUT2D eigenvalue weighted by molar-refractivity contribution is 5.68. The van der Waals surface area contributed by atoms with Crippen molar-refractivity contribution in [2.24, 2.45) is 5.73 Å². The minimum atomic E-state index is -4.53. The Morgan fingerprint density at radius 3 is 2.77 bits per heavy atom. The molecule has 0 aliphatic carbocycles. The molecule has 0 bridgehead atoms. The second-order valence-electron chi connectivity index (χ2n) is 5.63. The van der Waals surface area contributed by atoms with E-state index in [-0.39, 0.29) is 5.95 Å². The quantitative estimate of drug-likeness (QED) is 0.724. The van der Waals surface area contributed by atoms with E-state index in [0.717, 1.165) is 23.4 Å². The van der Waals surface area contributed by atoms with Crippen molar-refractivity contribution in [3.05, 3.63) is 47.9 Å². The van der Waals surface area contributed by atoms with Crippen LogP contribution in [0.5, 0.6) is 0 Å². The lowest BCUT2D eigenvalue weighted by Gasteiger charge is -2.10. The number of benzene rings is 1. The zero-order valence-electron chi connectivity index (χ0n) is 13.8. The Morgan fingerprint density at radius 1 is 1.23 bits per heavy atom. The molecule has 0 unspecified atom stereocenters. The number of aromatic nitrogens is 5. The summed E-state index contributed by atoms with van der Waals surface area (Å²) >= 11 is 0. The summed E-state index contributed by atoms with van der Waals surface area (Å²) in [6, 6.07) is 6.24. The van der Waals surface area contributed by atoms with E-state index < -0.39 is 11.9 Å². The monoisotopic (exact) mass is 363 g/mol. The molecule has 1 aromatic carbocycles. The number of aryl methyl sites for hydroxylation is 1. The number of hydrogen-bond acceptors (Lipinski definition) is 6. The number of nitrogens with two attached hydrogens (primary N) is 1. The topological polar surface area (TPSA) is 94.5 Å². The Kier molecular flexibility index (Phi) is 4.85. The molecule has 0 fully saturated rings. The van der Waals surface area contributed by atoms with E-state index in [0.29, 0.717) is 24.5 Å². The van der Waals surface area contributed by atoms with Gasteiger partial charge in [-0.15, -0.1) is 5.10 Å². The maximum absolute atomic E-state index is 12.8. The highest BCUT2D eigenvalue weighted by Crippen LogP contribution is 2.29. The van der Waals surface area contributed by atoms with Crippen LogP contribution in [0.2, 0.25) is 0 Å². The van der Waals surface area contributed by atoms with Crippen LogP contribution >= 0.6 is 0 Å². The fraction of sp³-hybridized carbons (Fsp3) is 0.250. The first-order chi connectivity index (χ1) is 12.3. The molecule has 3 aromatic rings. The minimum absolute atomic E-state index is 0.136. The maximum Gasteiger partial charge on any atom is 0.433 e. The molecule has 0 spiro atoms. The van der Waals surface area contributed by atoms with E-state index in [1.165, 1.54) is 0 Å². The molecule has 0 saturated carbocycles. The molecule has 26 heavy (non-hydrogen) atoms. The fourth-order valence-electron chi connectivity index (χ4n) is 2.38. The average Bonchev–Trinajstić information content (AvgIpc) is 3.03. The van der Waals surface area contributed by atoms with Crippen molar-refractivity contribution in [2.45, 2.75) is 19.6 Å². The molecule has 2 heterocycles. The molecule has 10 heteroatoms. The average molecular weight is 363 g/mol. The third-order valence-electron chi connectivity index (χ3n) is 3.47. The van der Waals surface area contributed by atoms with E-state index in [9.17, 15) is 13.2 Å². The number of alkyl halides is 3. The van der Waals surface area contributed by atoms with Crippen molar-refractivity contribution in [3.63, 3.8) is 0 Å². The molecule has 0 aliphatic rings. The van der Waals surface area contributed by atoms with Crippen LogP contribution in [0, 0.1) is 6.92 Å². The molecule has 3 rings (SSSR count). The van der Waals surface area contributed by atoms with Gasteiger partial charge in [0.05, 0.1) is 12.7 Å². The molecule has 7 nitrogen and oxygen atoms in total. The van der Waals surface area contributed by atoms with Gasteiger partial charge in [-0.05, 0) is 36.8 Å². The highest BCUT2D eigenvalue weighted by atomic mass is 19.4. The zero-order chi connectivity index (χ0) is 18.7. The number of anilines is 2. The highest BCUT2D eigenvalue weighted by Gasteiger charge is 2.32. The van der Waals surface area contributed by atoms with E-state index in [1.807, 2.05) is 13.0 Å². The first kappa shape index (κ1) is 17.8. The summed E-state index contributed by atoms with van der Waals surface area (Å²) in [6.45, 7) is 2.85. The zero-order valence-corrected chi connectivity index (χ0v) is 13.8. The third kappa shape index (κ3) is 4.14. The van der Waals surface area contributed by atoms with Crippen LogP contribution in [-0.2, 0) is 12.7 Å². The minimum Gasteiger partial charge on any atom is -0.329 e. The normalized spacial score (nSPS) is 11.6. The summed E-state index contributed by atoms with van der Waals surface area (Å²) in [5.74, 6) is -0.136. The van der Waals surface area contributed by atoms with Crippen molar-refractivity contribution >= 4 is 11.6 Å². The molecule has 0 aliphatic heterocycles. The molecule has 0 saturated heterocycles. The largest absolute Gasteiger partial charge is 0.433 e. The van der Waals surface area contributed by atoms with Gasteiger partial charge in [0.2, 0.25) is 5.95 Å². The van der Waals surface area contributed by atoms with Crippen molar-refractivity contribution in [1.82, 2.24) is 25.0 Å². The van der Waals surface area contributed by atoms with Gasteiger partial charge in [0, 0.05) is 24.0 Å². The van der Waals surface area contributed by atoms with Crippen molar-refractivity contribution in [3.8, 4) is 11.3 Å². The van der Waals surface area contributed by atoms with Gasteiger partial charge in [-0.1, -0.05) is 5.21 Å². The van der Waals surface area contributed by atoms with Crippen molar-refractivity contribution in [1.29, 1.82) is 0 Å². The van der Waals surface area contributed by atoms with Gasteiger partial charge in [-0.25, -0.2) is 9.97 Å². The lowest BCUT2D eigenvalue weighted by Crippen LogP contribution is -2.10. The van der Waals surface area contributed by atoms with Gasteiger partial charge >= 0.3 is 6.18 Å². The number of nitrogens with one attached hydrogen (secondary N) is 1. The van der Waals surface area contributed by atoms with Crippen LogP contribution in [0.3, 0.4) is 0 Å². The molecule has 136 valence electrons. The standard InChI is InChI=1S/C16H16F3N7/c1-10-6-11(13-9-26(5-3-20)25-24-13)8-12(7-10)22-15-21-4-2-14(23-15)16(17,18)19/h2,4,6-9H,3,5,20H2,1H3,(H,21,22,23). The Morgan fingerprint density at radius 2 is 2.04 bits per heavy atom. The van der Waals surface area contributed by atoms with Gasteiger partial charge in [0.1, 0.15) is 11.4 Å². The smallest absolute Gasteiger partial charge is 0.329 e. The number of halogens is 3. The molecule has 0 amide bonds. The SMILES string of the molecule is Cc1cc(Nc2nccc(C(F)(F)F)n2)cc(-c2cn(CCN)nn2)c1. The predicted octanol–water partition coefficient (Wildman–Crippen LogP) is 2.76. The summed E-state index contributed by atoms with van der Waals surface area (Å²) in [6.07, 6.45) is -1.71. The van der Waals surface area contributed by atoms with Crippen molar-refractivity contribution in [2.75, 3.05) is 11.9 Å². The van der Waals surface area contributed by atoms with E-state index in [4.69, 9.17) is 5.73 Å². The van der Waals surface area contributed by atoms with Crippen LogP contribution in [-0.4, -0.2) is 31.5 Å². The van der Waals surface area contributed by atoms with Gasteiger partial charge in [0.25, 0.3) is 0 Å². The third-order valence-corrected chi connectivity index (χ3v) is 3.47. The molecule has 0 radical (unpaired) electrons. The second kappa shape index (κ2) is 7.08. The Bertz CT molecular complexity index is 905. The predicted molar refractivity (Wildman–Crippen MR) is 89.6 cm³/mol. The number of rotatable bonds is 5. The summed E-state index contributed by atoms with van der Waals surface area (Å²) in [7, 11) is 0. The first-order valence-corrected chi connectivity index (χ1v) is 7.74. The van der Waals surface area contributed by atoms with Crippen LogP contribution in [0.4, 0.5) is 24.8 Å². The van der Waals surface area contributed by atoms with Crippen LogP contribution in [0.15, 0.2) is 36.7 Å². The van der Waals surface area contributed by atoms with Crippen LogP contribution < -0.4 is 11.1 Å². The number of nitrogens with zero attached hydrogens (tertiary/aromatic N) is 5. The summed E-state index contributed by atoms with van der Waals surface area (Å²) < 4.78 is 40.0. The molecular formula is C16H16F3N7. The Labute approximate surface area is 147 Å². The second-order valence-corrected chi connectivity index (χ2v) is 5.63. The fourth-order valence-corrected chi connectivity index (χ4v) is 2.38. The Balaban J connectivity index is 1.88. The summed E-state index contributed by atoms with van der Waals surface area (Å²) in [4.78, 5) is 7.35. The van der Waals surface area contributed by atoms with Gasteiger partial charge in [-0.2, -0.15) is 13.2 Å². The molecular weight excluding hydrogens is 347 g/mol. The van der Waals surface area contributed by atoms with E-state index in [1.54, 1.807) is 23.0 Å². The molecule has 0 atom stereocenters. The summed E-state index contributed by atoms with van der Waals surface area (Å²) in [5.41, 5.74) is 7.33. The lowest BCUT2D eigenvalue weighted by molar-refractivity contribution is -0.141. The van der Waals surface area contributed by atoms with Gasteiger partial charge < -0.3 is 11.1 Å². The maximum atomic E-state index is 12.8. The van der Waals surface area contributed by atoms with E-state index >= 15 is 0 Å². The van der Waals surface area contributed by atoms with Gasteiger partial charge in [-0.3, -0.25) is 4.68 Å². The summed E-state index contributed by atoms with van der Waals surface area (Å²) in [5, 5.41) is 10.9. The van der Waals surface area contributed by atoms with Crippen molar-refractivity contribution < 1.29 is 13.2 Å². The van der Waals surface area contributed by atoms with Crippen LogP contribution in [0.1, 0.15) is 11.3 Å².